The summed E-state index contributed by atoms with van der Waals surface area (Å²) in [5.74, 6) is 0.143. The fourth-order valence-electron chi connectivity index (χ4n) is 4.03. The average molecular weight is 517 g/mol. The number of carbonyl (C=O) groups is 1. The van der Waals surface area contributed by atoms with Gasteiger partial charge >= 0.3 is 6.36 Å². The number of hydrogen-bond acceptors (Lipinski definition) is 8. The molecule has 2 fully saturated rings. The van der Waals surface area contributed by atoms with Crippen LogP contribution < -0.4 is 15.0 Å². The van der Waals surface area contributed by atoms with Crippen molar-refractivity contribution in [3.8, 4) is 5.75 Å². The number of benzene rings is 1. The average Bonchev–Trinajstić information content (AvgIpc) is 3.24. The Labute approximate surface area is 207 Å². The molecule has 3 heterocycles. The maximum Gasteiger partial charge on any atom is 0.573 e. The lowest BCUT2D eigenvalue weighted by Gasteiger charge is -2.36. The molecule has 9 nitrogen and oxygen atoms in total. The number of anilines is 2. The molecule has 1 aromatic carbocycles. The Morgan fingerprint density at radius 2 is 1.86 bits per heavy atom. The van der Waals surface area contributed by atoms with Gasteiger partial charge in [-0.1, -0.05) is 12.1 Å². The quantitative estimate of drug-likeness (QED) is 0.578. The van der Waals surface area contributed by atoms with E-state index in [0.717, 1.165) is 31.9 Å². The molecule has 1 unspecified atom stereocenters. The second-order valence-corrected chi connectivity index (χ2v) is 8.36. The summed E-state index contributed by atoms with van der Waals surface area (Å²) < 4.78 is 41.1. The van der Waals surface area contributed by atoms with E-state index in [4.69, 9.17) is 0 Å². The molecule has 0 bridgehead atoms. The molecular weight excluding hydrogens is 489 g/mol. The van der Waals surface area contributed by atoms with Crippen molar-refractivity contribution in [1.82, 2.24) is 19.8 Å². The third kappa shape index (κ3) is 7.84. The Morgan fingerprint density at radius 1 is 1.14 bits per heavy atom. The van der Waals surface area contributed by atoms with Gasteiger partial charge in [0, 0.05) is 45.8 Å². The fraction of sp³-hybridized carbons (Fsp3) is 0.500. The van der Waals surface area contributed by atoms with Gasteiger partial charge in [-0.25, -0.2) is 9.97 Å². The first-order valence-corrected chi connectivity index (χ1v) is 11.1. The van der Waals surface area contributed by atoms with Crippen LogP contribution in [0.1, 0.15) is 12.0 Å². The maximum absolute atomic E-state index is 12.4. The number of aliphatic hydroxyl groups excluding tert-OH is 1. The van der Waals surface area contributed by atoms with Gasteiger partial charge in [-0.2, -0.15) is 0 Å². The zero-order valence-corrected chi connectivity index (χ0v) is 19.8. The zero-order chi connectivity index (χ0) is 24.1. The number of aliphatic hydroxyl groups is 1. The molecule has 2 aliphatic heterocycles. The van der Waals surface area contributed by atoms with Crippen molar-refractivity contribution >= 4 is 29.9 Å². The molecule has 0 aliphatic carbocycles. The Morgan fingerprint density at radius 3 is 2.49 bits per heavy atom. The molecule has 2 saturated heterocycles. The Bertz CT molecular complexity index is 974. The number of carbonyl (C=O) groups excluding carboxylic acids is 1. The molecule has 1 amide bonds. The SMILES string of the molecule is Cl.O=C(CN1CCN(c2cnc(NCc3cccc(OC(F)(F)F)c3)nc2)CC1)N1CCC(O)C1. The summed E-state index contributed by atoms with van der Waals surface area (Å²) in [5.41, 5.74) is 1.46. The number of alkyl halides is 3. The van der Waals surface area contributed by atoms with Crippen LogP contribution in [0.4, 0.5) is 24.8 Å². The number of likely N-dealkylation sites (tertiary alicyclic amines) is 1. The summed E-state index contributed by atoms with van der Waals surface area (Å²) in [6.45, 7) is 4.57. The van der Waals surface area contributed by atoms with Crippen LogP contribution in [0.15, 0.2) is 36.7 Å². The molecule has 1 atom stereocenters. The number of β-amino-alcohol motifs (C(OH)–C–C–N with tert-alkyl or cyclic N) is 1. The lowest BCUT2D eigenvalue weighted by atomic mass is 10.2. The molecule has 2 N–H and O–H groups in total. The number of amides is 1. The number of rotatable bonds is 7. The molecule has 13 heteroatoms. The third-order valence-corrected chi connectivity index (χ3v) is 5.83. The highest BCUT2D eigenvalue weighted by atomic mass is 35.5. The molecule has 0 spiro atoms. The first kappa shape index (κ1) is 26.8. The number of nitrogens with zero attached hydrogens (tertiary/aromatic N) is 5. The first-order valence-electron chi connectivity index (χ1n) is 11.1. The normalized spacial score (nSPS) is 18.8. The molecule has 2 aromatic rings. The van der Waals surface area contributed by atoms with Gasteiger partial charge in [0.15, 0.2) is 0 Å². The number of hydrogen-bond donors (Lipinski definition) is 2. The zero-order valence-electron chi connectivity index (χ0n) is 18.9. The number of halogens is 4. The van der Waals surface area contributed by atoms with E-state index < -0.39 is 12.5 Å². The van der Waals surface area contributed by atoms with E-state index in [1.165, 1.54) is 18.2 Å². The van der Waals surface area contributed by atoms with Crippen LogP contribution in [-0.4, -0.2) is 89.1 Å². The molecule has 2 aliphatic rings. The summed E-state index contributed by atoms with van der Waals surface area (Å²) in [4.78, 5) is 26.9. The molecule has 0 saturated carbocycles. The van der Waals surface area contributed by atoms with Gasteiger partial charge < -0.3 is 25.0 Å². The van der Waals surface area contributed by atoms with Crippen LogP contribution in [0.25, 0.3) is 0 Å². The van der Waals surface area contributed by atoms with Crippen molar-refractivity contribution in [3.05, 3.63) is 42.2 Å². The topological polar surface area (TPSA) is 94.1 Å². The molecule has 1 aromatic heterocycles. The van der Waals surface area contributed by atoms with Gasteiger partial charge in [0.2, 0.25) is 11.9 Å². The summed E-state index contributed by atoms with van der Waals surface area (Å²) in [6.07, 6.45) is -1.10. The van der Waals surface area contributed by atoms with Crippen LogP contribution in [0.5, 0.6) is 5.75 Å². The minimum absolute atomic E-state index is 0. The number of nitrogens with one attached hydrogen (secondary N) is 1. The second-order valence-electron chi connectivity index (χ2n) is 8.36. The molecule has 4 rings (SSSR count). The highest BCUT2D eigenvalue weighted by Crippen LogP contribution is 2.23. The summed E-state index contributed by atoms with van der Waals surface area (Å²) in [6, 6.07) is 5.73. The lowest BCUT2D eigenvalue weighted by Crippen LogP contribution is -2.50. The molecular formula is C22H28ClF3N6O3. The summed E-state index contributed by atoms with van der Waals surface area (Å²) >= 11 is 0. The van der Waals surface area contributed by atoms with E-state index in [1.807, 2.05) is 0 Å². The highest BCUT2D eigenvalue weighted by molar-refractivity contribution is 5.85. The van der Waals surface area contributed by atoms with Crippen LogP contribution >= 0.6 is 12.4 Å². The van der Waals surface area contributed by atoms with Gasteiger partial charge in [-0.15, -0.1) is 25.6 Å². The summed E-state index contributed by atoms with van der Waals surface area (Å²) in [5, 5.41) is 12.6. The van der Waals surface area contributed by atoms with E-state index >= 15 is 0 Å². The lowest BCUT2D eigenvalue weighted by molar-refractivity contribution is -0.274. The van der Waals surface area contributed by atoms with Crippen molar-refractivity contribution < 1.29 is 27.8 Å². The Hall–Kier alpha value is -2.83. The van der Waals surface area contributed by atoms with Gasteiger partial charge in [-0.05, 0) is 24.1 Å². The fourth-order valence-corrected chi connectivity index (χ4v) is 4.03. The van der Waals surface area contributed by atoms with Crippen LogP contribution in [0, 0.1) is 0 Å². The molecule has 0 radical (unpaired) electrons. The van der Waals surface area contributed by atoms with Crippen molar-refractivity contribution in [3.63, 3.8) is 0 Å². The second kappa shape index (κ2) is 11.7. The minimum atomic E-state index is -4.73. The largest absolute Gasteiger partial charge is 0.573 e. The third-order valence-electron chi connectivity index (χ3n) is 5.83. The molecule has 35 heavy (non-hydrogen) atoms. The number of aromatic nitrogens is 2. The van der Waals surface area contributed by atoms with Gasteiger partial charge in [0.05, 0.1) is 30.7 Å². The van der Waals surface area contributed by atoms with E-state index in [-0.39, 0.29) is 30.6 Å². The Kier molecular flexibility index (Phi) is 8.98. The molecule has 192 valence electrons. The predicted octanol–water partition coefficient (Wildman–Crippen LogP) is 2.12. The van der Waals surface area contributed by atoms with E-state index in [9.17, 15) is 23.1 Å². The van der Waals surface area contributed by atoms with Crippen molar-refractivity contribution in [2.45, 2.75) is 25.4 Å². The van der Waals surface area contributed by atoms with E-state index in [1.54, 1.807) is 23.4 Å². The first-order chi connectivity index (χ1) is 16.2. The van der Waals surface area contributed by atoms with E-state index in [0.29, 0.717) is 37.6 Å². The Balaban J connectivity index is 0.00000342. The van der Waals surface area contributed by atoms with Crippen molar-refractivity contribution in [1.29, 1.82) is 0 Å². The van der Waals surface area contributed by atoms with Gasteiger partial charge in [0.1, 0.15) is 5.75 Å². The number of piperazine rings is 1. The minimum Gasteiger partial charge on any atom is -0.406 e. The van der Waals surface area contributed by atoms with Crippen LogP contribution in [-0.2, 0) is 11.3 Å². The van der Waals surface area contributed by atoms with Crippen LogP contribution in [0.2, 0.25) is 0 Å². The smallest absolute Gasteiger partial charge is 0.406 e. The van der Waals surface area contributed by atoms with Gasteiger partial charge in [-0.3, -0.25) is 9.69 Å². The highest BCUT2D eigenvalue weighted by Gasteiger charge is 2.31. The van der Waals surface area contributed by atoms with Crippen molar-refractivity contribution in [2.75, 3.05) is 56.0 Å². The van der Waals surface area contributed by atoms with Crippen molar-refractivity contribution in [2.24, 2.45) is 0 Å². The standard InChI is InChI=1S/C22H27F3N6O3.ClH/c23-22(24,25)34-19-3-1-2-16(10-19)11-26-21-27-12-17(13-28-21)30-8-6-29(7-9-30)15-20(33)31-5-4-18(32)14-31;/h1-3,10,12-13,18,32H,4-9,11,14-15H2,(H,26,27,28);1H. The predicted molar refractivity (Wildman–Crippen MR) is 126 cm³/mol. The van der Waals surface area contributed by atoms with Gasteiger partial charge in [0.25, 0.3) is 0 Å². The van der Waals surface area contributed by atoms with Crippen LogP contribution in [0.3, 0.4) is 0 Å². The maximum atomic E-state index is 12.4. The monoisotopic (exact) mass is 516 g/mol. The van der Waals surface area contributed by atoms with E-state index in [2.05, 4.69) is 29.8 Å². The summed E-state index contributed by atoms with van der Waals surface area (Å²) in [7, 11) is 0. The number of ether oxygens (including phenoxy) is 1.